The number of benzene rings is 2. The summed E-state index contributed by atoms with van der Waals surface area (Å²) in [6, 6.07) is 9.41. The van der Waals surface area contributed by atoms with Gasteiger partial charge in [0.1, 0.15) is 11.6 Å². The molecule has 0 aliphatic rings. The van der Waals surface area contributed by atoms with Gasteiger partial charge in [-0.05, 0) is 52.8 Å². The van der Waals surface area contributed by atoms with Crippen LogP contribution in [0.4, 0.5) is 8.78 Å². The van der Waals surface area contributed by atoms with Crippen LogP contribution in [0.2, 0.25) is 0 Å². The van der Waals surface area contributed by atoms with E-state index in [0.29, 0.717) is 0 Å². The highest BCUT2D eigenvalue weighted by Crippen LogP contribution is 2.31. The first-order chi connectivity index (χ1) is 9.04. The van der Waals surface area contributed by atoms with E-state index in [-0.39, 0.29) is 10.0 Å². The molecule has 0 heterocycles. The van der Waals surface area contributed by atoms with E-state index in [1.54, 1.807) is 7.05 Å². The monoisotopic (exact) mass is 389 g/mol. The average molecular weight is 391 g/mol. The van der Waals surface area contributed by atoms with Crippen LogP contribution in [-0.2, 0) is 0 Å². The van der Waals surface area contributed by atoms with E-state index < -0.39 is 17.7 Å². The van der Waals surface area contributed by atoms with Crippen LogP contribution in [0.15, 0.2) is 45.3 Å². The van der Waals surface area contributed by atoms with Gasteiger partial charge >= 0.3 is 0 Å². The lowest BCUT2D eigenvalue weighted by Crippen LogP contribution is -2.20. The largest absolute Gasteiger partial charge is 0.309 e. The molecular weight excluding hydrogens is 380 g/mol. The Morgan fingerprint density at radius 3 is 2.21 bits per heavy atom. The Bertz CT molecular complexity index is 585. The van der Waals surface area contributed by atoms with Crippen molar-refractivity contribution >= 4 is 31.9 Å². The van der Waals surface area contributed by atoms with Crippen molar-refractivity contribution < 1.29 is 8.78 Å². The Balaban J connectivity index is 2.54. The molecular formula is C14H11Br2F2N. The zero-order valence-electron chi connectivity index (χ0n) is 10.1. The van der Waals surface area contributed by atoms with Crippen LogP contribution < -0.4 is 5.32 Å². The summed E-state index contributed by atoms with van der Waals surface area (Å²) in [6.45, 7) is 0. The molecule has 0 aromatic heterocycles. The highest BCUT2D eigenvalue weighted by atomic mass is 79.9. The highest BCUT2D eigenvalue weighted by Gasteiger charge is 2.22. The SMILES string of the molecule is CNC(c1ccc(Br)cc1)c1c(F)ccc(Br)c1F. The van der Waals surface area contributed by atoms with Gasteiger partial charge in [-0.1, -0.05) is 28.1 Å². The molecule has 1 nitrogen and oxygen atoms in total. The normalized spacial score (nSPS) is 12.5. The van der Waals surface area contributed by atoms with Crippen molar-refractivity contribution in [1.82, 2.24) is 5.32 Å². The van der Waals surface area contributed by atoms with Gasteiger partial charge in [-0.25, -0.2) is 8.78 Å². The molecule has 0 saturated carbocycles. The van der Waals surface area contributed by atoms with Crippen LogP contribution in [0.5, 0.6) is 0 Å². The van der Waals surface area contributed by atoms with Crippen LogP contribution >= 0.6 is 31.9 Å². The van der Waals surface area contributed by atoms with E-state index in [4.69, 9.17) is 0 Å². The number of rotatable bonds is 3. The molecule has 0 amide bonds. The van der Waals surface area contributed by atoms with Gasteiger partial charge in [0.25, 0.3) is 0 Å². The molecule has 0 spiro atoms. The molecule has 2 aromatic carbocycles. The molecule has 0 aliphatic carbocycles. The van der Waals surface area contributed by atoms with Crippen molar-refractivity contribution in [3.8, 4) is 0 Å². The van der Waals surface area contributed by atoms with Gasteiger partial charge in [-0.15, -0.1) is 0 Å². The third-order valence-electron chi connectivity index (χ3n) is 2.86. The minimum Gasteiger partial charge on any atom is -0.309 e. The van der Waals surface area contributed by atoms with E-state index in [0.717, 1.165) is 10.0 Å². The molecule has 5 heteroatoms. The zero-order chi connectivity index (χ0) is 14.0. The predicted molar refractivity (Wildman–Crippen MR) is 79.1 cm³/mol. The minimum atomic E-state index is -0.581. The number of hydrogen-bond donors (Lipinski definition) is 1. The standard InChI is InChI=1S/C14H11Br2F2N/c1-19-14(8-2-4-9(15)5-3-8)12-11(17)7-6-10(16)13(12)18/h2-7,14,19H,1H3. The molecule has 0 aliphatic heterocycles. The minimum absolute atomic E-state index is 0.0131. The van der Waals surface area contributed by atoms with Gasteiger partial charge in [0, 0.05) is 10.0 Å². The summed E-state index contributed by atoms with van der Waals surface area (Å²) in [6.07, 6.45) is 0. The lowest BCUT2D eigenvalue weighted by Gasteiger charge is -2.19. The summed E-state index contributed by atoms with van der Waals surface area (Å²) in [4.78, 5) is 0. The summed E-state index contributed by atoms with van der Waals surface area (Å²) in [5.41, 5.74) is 0.806. The van der Waals surface area contributed by atoms with E-state index in [2.05, 4.69) is 37.2 Å². The van der Waals surface area contributed by atoms with Crippen molar-refractivity contribution in [2.45, 2.75) is 6.04 Å². The van der Waals surface area contributed by atoms with Gasteiger partial charge in [-0.2, -0.15) is 0 Å². The van der Waals surface area contributed by atoms with Crippen LogP contribution in [-0.4, -0.2) is 7.05 Å². The number of hydrogen-bond acceptors (Lipinski definition) is 1. The Kier molecular flexibility index (Phi) is 4.71. The predicted octanol–water partition coefficient (Wildman–Crippen LogP) is 4.80. The summed E-state index contributed by atoms with van der Waals surface area (Å²) < 4.78 is 29.2. The first-order valence-electron chi connectivity index (χ1n) is 5.60. The Morgan fingerprint density at radius 1 is 1.00 bits per heavy atom. The maximum absolute atomic E-state index is 14.1. The van der Waals surface area contributed by atoms with Crippen LogP contribution in [0, 0.1) is 11.6 Å². The second kappa shape index (κ2) is 6.11. The molecule has 100 valence electrons. The molecule has 0 bridgehead atoms. The first kappa shape index (κ1) is 14.6. The Hall–Kier alpha value is -0.780. The molecule has 0 radical (unpaired) electrons. The average Bonchev–Trinajstić information content (AvgIpc) is 2.40. The van der Waals surface area contributed by atoms with E-state index >= 15 is 0 Å². The van der Waals surface area contributed by atoms with Crippen molar-refractivity contribution in [2.24, 2.45) is 0 Å². The van der Waals surface area contributed by atoms with Crippen molar-refractivity contribution in [3.05, 3.63) is 68.1 Å². The summed E-state index contributed by atoms with van der Waals surface area (Å²) in [5.74, 6) is -1.15. The molecule has 1 atom stereocenters. The van der Waals surface area contributed by atoms with Crippen LogP contribution in [0.1, 0.15) is 17.2 Å². The molecule has 0 fully saturated rings. The van der Waals surface area contributed by atoms with Gasteiger partial charge in [0.05, 0.1) is 10.5 Å². The Morgan fingerprint density at radius 2 is 1.63 bits per heavy atom. The first-order valence-corrected chi connectivity index (χ1v) is 7.19. The quantitative estimate of drug-likeness (QED) is 0.742. The molecule has 2 rings (SSSR count). The van der Waals surface area contributed by atoms with Gasteiger partial charge in [-0.3, -0.25) is 0 Å². The Labute approximate surface area is 127 Å². The molecule has 19 heavy (non-hydrogen) atoms. The lowest BCUT2D eigenvalue weighted by molar-refractivity contribution is 0.518. The fourth-order valence-electron chi connectivity index (χ4n) is 1.94. The fourth-order valence-corrected chi connectivity index (χ4v) is 2.55. The molecule has 2 aromatic rings. The van der Waals surface area contributed by atoms with Crippen LogP contribution in [0.25, 0.3) is 0 Å². The number of halogens is 4. The maximum Gasteiger partial charge on any atom is 0.145 e. The molecule has 1 N–H and O–H groups in total. The zero-order valence-corrected chi connectivity index (χ0v) is 13.2. The second-order valence-electron chi connectivity index (χ2n) is 4.03. The molecule has 0 saturated heterocycles. The summed E-state index contributed by atoms with van der Waals surface area (Å²) in [7, 11) is 1.67. The van der Waals surface area contributed by atoms with E-state index in [1.165, 1.54) is 12.1 Å². The second-order valence-corrected chi connectivity index (χ2v) is 5.80. The maximum atomic E-state index is 14.1. The summed E-state index contributed by atoms with van der Waals surface area (Å²) in [5, 5.41) is 2.95. The van der Waals surface area contributed by atoms with Gasteiger partial charge < -0.3 is 5.32 Å². The molecule has 1 unspecified atom stereocenters. The topological polar surface area (TPSA) is 12.0 Å². The third-order valence-corrected chi connectivity index (χ3v) is 4.00. The van der Waals surface area contributed by atoms with E-state index in [1.807, 2.05) is 24.3 Å². The van der Waals surface area contributed by atoms with Gasteiger partial charge in [0.2, 0.25) is 0 Å². The summed E-state index contributed by atoms with van der Waals surface area (Å²) >= 11 is 6.42. The van der Waals surface area contributed by atoms with Crippen molar-refractivity contribution in [2.75, 3.05) is 7.05 Å². The van der Waals surface area contributed by atoms with Crippen LogP contribution in [0.3, 0.4) is 0 Å². The van der Waals surface area contributed by atoms with Gasteiger partial charge in [0.15, 0.2) is 0 Å². The highest BCUT2D eigenvalue weighted by molar-refractivity contribution is 9.10. The van der Waals surface area contributed by atoms with Crippen molar-refractivity contribution in [3.63, 3.8) is 0 Å². The third kappa shape index (κ3) is 3.04. The smallest absolute Gasteiger partial charge is 0.145 e. The van der Waals surface area contributed by atoms with Crippen molar-refractivity contribution in [1.29, 1.82) is 0 Å². The number of nitrogens with one attached hydrogen (secondary N) is 1. The lowest BCUT2D eigenvalue weighted by atomic mass is 9.98. The van der Waals surface area contributed by atoms with E-state index in [9.17, 15) is 8.78 Å². The fraction of sp³-hybridized carbons (Fsp3) is 0.143.